The molecule has 21 heavy (non-hydrogen) atoms. The van der Waals surface area contributed by atoms with Gasteiger partial charge in [-0.1, -0.05) is 0 Å². The van der Waals surface area contributed by atoms with Gasteiger partial charge >= 0.3 is 0 Å². The molecule has 1 aliphatic heterocycles. The summed E-state index contributed by atoms with van der Waals surface area (Å²) in [7, 11) is 1.91. The minimum Gasteiger partial charge on any atom is -0.342 e. The second-order valence-corrected chi connectivity index (χ2v) is 5.74. The maximum atomic E-state index is 12.3. The normalized spacial score (nSPS) is 18.4. The second-order valence-electron chi connectivity index (χ2n) is 5.74. The highest BCUT2D eigenvalue weighted by Gasteiger charge is 2.28. The molecule has 3 rings (SSSR count). The van der Waals surface area contributed by atoms with E-state index in [1.54, 1.807) is 6.20 Å². The smallest absolute Gasteiger partial charge is 0.222 e. The maximum absolute atomic E-state index is 12.3. The molecule has 2 aromatic heterocycles. The molecule has 112 valence electrons. The lowest BCUT2D eigenvalue weighted by Gasteiger charge is -2.16. The summed E-state index contributed by atoms with van der Waals surface area (Å²) in [4.78, 5) is 14.3. The van der Waals surface area contributed by atoms with Gasteiger partial charge in [0, 0.05) is 50.1 Å². The van der Waals surface area contributed by atoms with E-state index in [0.717, 1.165) is 31.6 Å². The third-order valence-electron chi connectivity index (χ3n) is 4.33. The van der Waals surface area contributed by atoms with Crippen LogP contribution < -0.4 is 0 Å². The van der Waals surface area contributed by atoms with Gasteiger partial charge in [-0.05, 0) is 31.4 Å². The fourth-order valence-corrected chi connectivity index (χ4v) is 3.03. The fourth-order valence-electron chi connectivity index (χ4n) is 3.03. The molecule has 1 atom stereocenters. The molecule has 0 aromatic carbocycles. The Morgan fingerprint density at radius 1 is 1.52 bits per heavy atom. The number of carbonyl (C=O) groups is 1. The van der Waals surface area contributed by atoms with Crippen LogP contribution in [0.3, 0.4) is 0 Å². The Bertz CT molecular complexity index is 630. The van der Waals surface area contributed by atoms with E-state index in [9.17, 15) is 4.79 Å². The maximum Gasteiger partial charge on any atom is 0.222 e. The van der Waals surface area contributed by atoms with Gasteiger partial charge in [-0.25, -0.2) is 0 Å². The average molecular weight is 287 g/mol. The average Bonchev–Trinajstić information content (AvgIpc) is 3.17. The van der Waals surface area contributed by atoms with Gasteiger partial charge in [0.15, 0.2) is 0 Å². The Morgan fingerprint density at radius 3 is 3.05 bits per heavy atom. The van der Waals surface area contributed by atoms with Gasteiger partial charge in [0.25, 0.3) is 0 Å². The summed E-state index contributed by atoms with van der Waals surface area (Å²) in [6.45, 7) is 3.70. The number of rotatable bonds is 4. The van der Waals surface area contributed by atoms with Crippen molar-refractivity contribution in [2.45, 2.75) is 32.1 Å². The van der Waals surface area contributed by atoms with Crippen molar-refractivity contribution in [3.05, 3.63) is 35.4 Å². The van der Waals surface area contributed by atoms with E-state index < -0.39 is 0 Å². The summed E-state index contributed by atoms with van der Waals surface area (Å²) < 4.78 is 1.83. The topological polar surface area (TPSA) is 66.8 Å². The quantitative estimate of drug-likeness (QED) is 0.924. The molecule has 0 saturated carbocycles. The second kappa shape index (κ2) is 5.71. The van der Waals surface area contributed by atoms with E-state index in [4.69, 9.17) is 0 Å². The first-order valence-corrected chi connectivity index (χ1v) is 7.39. The molecule has 0 unspecified atom stereocenters. The highest BCUT2D eigenvalue weighted by atomic mass is 16.2. The van der Waals surface area contributed by atoms with E-state index in [1.165, 1.54) is 11.3 Å². The highest BCUT2D eigenvalue weighted by molar-refractivity contribution is 5.76. The third kappa shape index (κ3) is 2.84. The van der Waals surface area contributed by atoms with Crippen molar-refractivity contribution in [3.8, 4) is 0 Å². The molecule has 0 bridgehead atoms. The number of aryl methyl sites for hydroxylation is 3. The number of nitrogens with one attached hydrogen (secondary N) is 1. The molecular formula is C15H21N5O. The number of likely N-dealkylation sites (tertiary alicyclic amines) is 1. The molecule has 0 radical (unpaired) electrons. The van der Waals surface area contributed by atoms with Crippen molar-refractivity contribution < 1.29 is 4.79 Å². The first-order chi connectivity index (χ1) is 10.1. The van der Waals surface area contributed by atoms with Crippen molar-refractivity contribution in [1.29, 1.82) is 0 Å². The van der Waals surface area contributed by atoms with Crippen LogP contribution in [0.25, 0.3) is 0 Å². The zero-order valence-electron chi connectivity index (χ0n) is 12.5. The fraction of sp³-hybridized carbons (Fsp3) is 0.533. The van der Waals surface area contributed by atoms with E-state index in [-0.39, 0.29) is 5.91 Å². The Hall–Kier alpha value is -2.11. The van der Waals surface area contributed by atoms with Crippen LogP contribution in [-0.2, 0) is 18.3 Å². The van der Waals surface area contributed by atoms with Crippen LogP contribution in [0.4, 0.5) is 0 Å². The number of aromatic amines is 1. The van der Waals surface area contributed by atoms with Gasteiger partial charge in [0.05, 0.1) is 6.20 Å². The first kappa shape index (κ1) is 13.9. The Labute approximate surface area is 124 Å². The summed E-state index contributed by atoms with van der Waals surface area (Å²) >= 11 is 0. The van der Waals surface area contributed by atoms with Crippen LogP contribution in [0.2, 0.25) is 0 Å². The zero-order valence-corrected chi connectivity index (χ0v) is 12.5. The molecule has 1 N–H and O–H groups in total. The van der Waals surface area contributed by atoms with Gasteiger partial charge in [-0.3, -0.25) is 14.6 Å². The number of carbonyl (C=O) groups excluding carboxylic acids is 1. The van der Waals surface area contributed by atoms with Gasteiger partial charge < -0.3 is 4.90 Å². The summed E-state index contributed by atoms with van der Waals surface area (Å²) in [5.41, 5.74) is 3.46. The molecule has 6 nitrogen and oxygen atoms in total. The zero-order chi connectivity index (χ0) is 14.8. The third-order valence-corrected chi connectivity index (χ3v) is 4.33. The Balaban J connectivity index is 1.55. The molecule has 1 aliphatic rings. The highest BCUT2D eigenvalue weighted by Crippen LogP contribution is 2.28. The van der Waals surface area contributed by atoms with E-state index >= 15 is 0 Å². The SMILES string of the molecule is Cc1cn[nH]c1[C@@H]1CCN(C(=O)CCc2ccnn2C)C1. The molecule has 1 fully saturated rings. The molecule has 1 amide bonds. The molecule has 1 saturated heterocycles. The van der Waals surface area contributed by atoms with Crippen molar-refractivity contribution in [2.24, 2.45) is 7.05 Å². The standard InChI is InChI=1S/C15H21N5O/c1-11-9-16-18-15(11)12-6-8-20(10-12)14(21)4-3-13-5-7-17-19(13)2/h5,7,9,12H,3-4,6,8,10H2,1-2H3,(H,16,18)/t12-/m1/s1. The van der Waals surface area contributed by atoms with Crippen molar-refractivity contribution in [3.63, 3.8) is 0 Å². The van der Waals surface area contributed by atoms with Crippen LogP contribution in [0.1, 0.15) is 35.7 Å². The molecular weight excluding hydrogens is 266 g/mol. The summed E-state index contributed by atoms with van der Waals surface area (Å²) in [6, 6.07) is 1.97. The van der Waals surface area contributed by atoms with Crippen LogP contribution >= 0.6 is 0 Å². The molecule has 0 spiro atoms. The minimum atomic E-state index is 0.232. The molecule has 0 aliphatic carbocycles. The first-order valence-electron chi connectivity index (χ1n) is 7.39. The molecule has 2 aromatic rings. The van der Waals surface area contributed by atoms with E-state index in [0.29, 0.717) is 12.3 Å². The lowest BCUT2D eigenvalue weighted by Crippen LogP contribution is -2.28. The van der Waals surface area contributed by atoms with Crippen LogP contribution in [-0.4, -0.2) is 43.9 Å². The molecule has 6 heteroatoms. The van der Waals surface area contributed by atoms with Crippen LogP contribution in [0.5, 0.6) is 0 Å². The van der Waals surface area contributed by atoms with Crippen LogP contribution in [0.15, 0.2) is 18.5 Å². The Morgan fingerprint density at radius 2 is 2.38 bits per heavy atom. The summed E-state index contributed by atoms with van der Waals surface area (Å²) in [5.74, 6) is 0.629. The lowest BCUT2D eigenvalue weighted by molar-refractivity contribution is -0.130. The van der Waals surface area contributed by atoms with E-state index in [1.807, 2.05) is 28.9 Å². The van der Waals surface area contributed by atoms with Crippen molar-refractivity contribution in [1.82, 2.24) is 24.9 Å². The summed E-state index contributed by atoms with van der Waals surface area (Å²) in [6.07, 6.45) is 5.93. The predicted molar refractivity (Wildman–Crippen MR) is 78.8 cm³/mol. The number of amides is 1. The lowest BCUT2D eigenvalue weighted by atomic mass is 10.0. The number of hydrogen-bond donors (Lipinski definition) is 1. The number of hydrogen-bond acceptors (Lipinski definition) is 3. The van der Waals surface area contributed by atoms with Crippen molar-refractivity contribution in [2.75, 3.05) is 13.1 Å². The largest absolute Gasteiger partial charge is 0.342 e. The number of aromatic nitrogens is 4. The van der Waals surface area contributed by atoms with Gasteiger partial charge in [0.2, 0.25) is 5.91 Å². The van der Waals surface area contributed by atoms with Crippen molar-refractivity contribution >= 4 is 5.91 Å². The van der Waals surface area contributed by atoms with E-state index in [2.05, 4.69) is 22.2 Å². The molecule has 3 heterocycles. The monoisotopic (exact) mass is 287 g/mol. The predicted octanol–water partition coefficient (Wildman–Crippen LogP) is 1.40. The van der Waals surface area contributed by atoms with Crippen LogP contribution in [0, 0.1) is 6.92 Å². The Kier molecular flexibility index (Phi) is 3.77. The summed E-state index contributed by atoms with van der Waals surface area (Å²) in [5, 5.41) is 11.3. The van der Waals surface area contributed by atoms with Gasteiger partial charge in [-0.15, -0.1) is 0 Å². The van der Waals surface area contributed by atoms with Gasteiger partial charge in [0.1, 0.15) is 0 Å². The minimum absolute atomic E-state index is 0.232. The number of nitrogens with zero attached hydrogens (tertiary/aromatic N) is 4. The number of H-pyrrole nitrogens is 1. The van der Waals surface area contributed by atoms with Gasteiger partial charge in [-0.2, -0.15) is 10.2 Å².